The van der Waals surface area contributed by atoms with Crippen LogP contribution in [-0.4, -0.2) is 23.2 Å². The molecule has 0 spiro atoms. The van der Waals surface area contributed by atoms with E-state index >= 15 is 0 Å². The van der Waals surface area contributed by atoms with Crippen LogP contribution in [0.15, 0.2) is 16.7 Å². The Morgan fingerprint density at radius 2 is 2.18 bits per heavy atom. The Hall–Kier alpha value is -1.87. The van der Waals surface area contributed by atoms with Crippen molar-refractivity contribution < 1.29 is 4.52 Å². The molecule has 6 heteroatoms. The summed E-state index contributed by atoms with van der Waals surface area (Å²) in [4.78, 5) is 7.98. The van der Waals surface area contributed by atoms with Crippen molar-refractivity contribution in [1.82, 2.24) is 10.1 Å². The number of hydrogen-bond acceptors (Lipinski definition) is 6. The van der Waals surface area contributed by atoms with Gasteiger partial charge in [-0.3, -0.25) is 0 Å². The normalized spacial score (nSPS) is 15.1. The van der Waals surface area contributed by atoms with Gasteiger partial charge in [-0.05, 0) is 30.1 Å². The number of nitriles is 1. The lowest BCUT2D eigenvalue weighted by molar-refractivity contribution is 0.431. The molecular weight excluding hydrogens is 236 g/mol. The van der Waals surface area contributed by atoms with Crippen molar-refractivity contribution in [2.75, 3.05) is 18.0 Å². The molecule has 5 nitrogen and oxygen atoms in total. The van der Waals surface area contributed by atoms with E-state index in [1.54, 1.807) is 6.07 Å². The molecule has 1 saturated heterocycles. The van der Waals surface area contributed by atoms with E-state index in [0.717, 1.165) is 18.0 Å². The average molecular weight is 246 g/mol. The van der Waals surface area contributed by atoms with E-state index in [2.05, 4.69) is 21.1 Å². The maximum atomic E-state index is 8.76. The second-order valence-corrected chi connectivity index (χ2v) is 4.95. The molecule has 17 heavy (non-hydrogen) atoms. The van der Waals surface area contributed by atoms with Crippen LogP contribution in [0.25, 0.3) is 10.8 Å². The van der Waals surface area contributed by atoms with Crippen LogP contribution in [0.1, 0.15) is 17.7 Å². The van der Waals surface area contributed by atoms with Crippen LogP contribution in [0.2, 0.25) is 0 Å². The van der Waals surface area contributed by atoms with Gasteiger partial charge in [-0.1, -0.05) is 0 Å². The first-order valence-electron chi connectivity index (χ1n) is 5.46. The van der Waals surface area contributed by atoms with Crippen molar-refractivity contribution in [3.8, 4) is 16.8 Å². The SMILES string of the molecule is N#Cc1ccc(-c2nc(N3CCCC3)no2)s1. The predicted octanol–water partition coefficient (Wildman–Crippen LogP) is 2.27. The molecule has 1 aliphatic rings. The molecule has 0 saturated carbocycles. The van der Waals surface area contributed by atoms with E-state index in [1.165, 1.54) is 24.2 Å². The van der Waals surface area contributed by atoms with Gasteiger partial charge >= 0.3 is 0 Å². The van der Waals surface area contributed by atoms with Gasteiger partial charge in [-0.25, -0.2) is 0 Å². The van der Waals surface area contributed by atoms with Crippen molar-refractivity contribution in [3.05, 3.63) is 17.0 Å². The number of thiophene rings is 1. The molecule has 0 aliphatic carbocycles. The van der Waals surface area contributed by atoms with E-state index in [1.807, 2.05) is 6.07 Å². The van der Waals surface area contributed by atoms with E-state index in [4.69, 9.17) is 9.78 Å². The summed E-state index contributed by atoms with van der Waals surface area (Å²) < 4.78 is 5.22. The minimum absolute atomic E-state index is 0.499. The fourth-order valence-corrected chi connectivity index (χ4v) is 2.60. The Balaban J connectivity index is 1.86. The highest BCUT2D eigenvalue weighted by atomic mass is 32.1. The highest BCUT2D eigenvalue weighted by Gasteiger charge is 2.19. The fraction of sp³-hybridized carbons (Fsp3) is 0.364. The zero-order valence-electron chi connectivity index (χ0n) is 9.09. The molecular formula is C11H10N4OS. The first-order valence-corrected chi connectivity index (χ1v) is 6.27. The third-order valence-electron chi connectivity index (χ3n) is 2.73. The molecule has 0 unspecified atom stereocenters. The lowest BCUT2D eigenvalue weighted by Crippen LogP contribution is -2.18. The second kappa shape index (κ2) is 4.18. The molecule has 1 fully saturated rings. The summed E-state index contributed by atoms with van der Waals surface area (Å²) in [5.74, 6) is 1.16. The van der Waals surface area contributed by atoms with Gasteiger partial charge in [0.25, 0.3) is 11.8 Å². The van der Waals surface area contributed by atoms with E-state index < -0.39 is 0 Å². The topological polar surface area (TPSA) is 66.0 Å². The number of hydrogen-bond donors (Lipinski definition) is 0. The highest BCUT2D eigenvalue weighted by Crippen LogP contribution is 2.28. The Bertz CT molecular complexity index is 562. The molecule has 2 aromatic rings. The van der Waals surface area contributed by atoms with Crippen LogP contribution in [0.4, 0.5) is 5.95 Å². The van der Waals surface area contributed by atoms with Gasteiger partial charge in [0.1, 0.15) is 10.9 Å². The fourth-order valence-electron chi connectivity index (χ4n) is 1.87. The van der Waals surface area contributed by atoms with Gasteiger partial charge in [0.15, 0.2) is 0 Å². The summed E-state index contributed by atoms with van der Waals surface area (Å²) in [5, 5.41) is 12.7. The lowest BCUT2D eigenvalue weighted by atomic mass is 10.4. The Morgan fingerprint density at radius 3 is 2.88 bits per heavy atom. The molecule has 1 aliphatic heterocycles. The van der Waals surface area contributed by atoms with Crippen molar-refractivity contribution in [3.63, 3.8) is 0 Å². The quantitative estimate of drug-likeness (QED) is 0.813. The molecule has 0 N–H and O–H groups in total. The maximum absolute atomic E-state index is 8.76. The molecule has 0 radical (unpaired) electrons. The lowest BCUT2D eigenvalue weighted by Gasteiger charge is -2.09. The van der Waals surface area contributed by atoms with Crippen LogP contribution >= 0.6 is 11.3 Å². The Morgan fingerprint density at radius 1 is 1.35 bits per heavy atom. The van der Waals surface area contributed by atoms with E-state index in [9.17, 15) is 0 Å². The van der Waals surface area contributed by atoms with Crippen molar-refractivity contribution in [1.29, 1.82) is 5.26 Å². The zero-order chi connectivity index (χ0) is 11.7. The number of nitrogens with zero attached hydrogens (tertiary/aromatic N) is 4. The molecule has 2 aromatic heterocycles. The smallest absolute Gasteiger partial charge is 0.269 e. The van der Waals surface area contributed by atoms with Gasteiger partial charge in [0, 0.05) is 13.1 Å². The number of aromatic nitrogens is 2. The largest absolute Gasteiger partial charge is 0.338 e. The molecule has 3 rings (SSSR count). The van der Waals surface area contributed by atoms with Crippen molar-refractivity contribution in [2.24, 2.45) is 0 Å². The van der Waals surface area contributed by atoms with E-state index in [-0.39, 0.29) is 0 Å². The minimum Gasteiger partial charge on any atom is -0.338 e. The summed E-state index contributed by atoms with van der Waals surface area (Å²) >= 11 is 1.37. The number of anilines is 1. The average Bonchev–Trinajstić information content (AvgIpc) is 3.09. The Kier molecular flexibility index (Phi) is 2.53. The van der Waals surface area contributed by atoms with Crippen LogP contribution in [0, 0.1) is 11.3 Å². The first-order chi connectivity index (χ1) is 8.36. The van der Waals surface area contributed by atoms with Gasteiger partial charge < -0.3 is 9.42 Å². The third-order valence-corrected chi connectivity index (χ3v) is 3.71. The van der Waals surface area contributed by atoms with Gasteiger partial charge in [0.2, 0.25) is 0 Å². The molecule has 0 aromatic carbocycles. The van der Waals surface area contributed by atoms with Gasteiger partial charge in [-0.15, -0.1) is 11.3 Å². The zero-order valence-corrected chi connectivity index (χ0v) is 9.90. The van der Waals surface area contributed by atoms with Gasteiger partial charge in [-0.2, -0.15) is 10.2 Å². The highest BCUT2D eigenvalue weighted by molar-refractivity contribution is 7.15. The standard InChI is InChI=1S/C11H10N4OS/c12-7-8-3-4-9(17-8)10-13-11(14-16-10)15-5-1-2-6-15/h3-4H,1-2,5-6H2. The van der Waals surface area contributed by atoms with Crippen molar-refractivity contribution in [2.45, 2.75) is 12.8 Å². The number of rotatable bonds is 2. The van der Waals surface area contributed by atoms with Crippen molar-refractivity contribution >= 4 is 17.3 Å². The van der Waals surface area contributed by atoms with Crippen LogP contribution in [0.5, 0.6) is 0 Å². The summed E-state index contributed by atoms with van der Waals surface area (Å²) in [7, 11) is 0. The molecule has 86 valence electrons. The minimum atomic E-state index is 0.499. The monoisotopic (exact) mass is 246 g/mol. The molecule has 0 amide bonds. The molecule has 3 heterocycles. The predicted molar refractivity (Wildman–Crippen MR) is 63.8 cm³/mol. The second-order valence-electron chi connectivity index (χ2n) is 3.87. The van der Waals surface area contributed by atoms with Crippen LogP contribution in [-0.2, 0) is 0 Å². The Labute approximate surface area is 102 Å². The summed E-state index contributed by atoms with van der Waals surface area (Å²) in [6, 6.07) is 5.70. The summed E-state index contributed by atoms with van der Waals surface area (Å²) in [6.45, 7) is 1.99. The van der Waals surface area contributed by atoms with Crippen LogP contribution in [0.3, 0.4) is 0 Å². The first kappa shape index (κ1) is 10.3. The van der Waals surface area contributed by atoms with Crippen LogP contribution < -0.4 is 4.90 Å². The third kappa shape index (κ3) is 1.89. The molecule has 0 atom stereocenters. The maximum Gasteiger partial charge on any atom is 0.269 e. The van der Waals surface area contributed by atoms with Gasteiger partial charge in [0.05, 0.1) is 4.88 Å². The summed E-state index contributed by atoms with van der Waals surface area (Å²) in [6.07, 6.45) is 2.36. The van der Waals surface area contributed by atoms with E-state index in [0.29, 0.717) is 16.7 Å². The molecule has 0 bridgehead atoms. The summed E-state index contributed by atoms with van der Waals surface area (Å²) in [5.41, 5.74) is 0.